The number of hydrogen-bond donors (Lipinski definition) is 0. The number of amides is 1. The van der Waals surface area contributed by atoms with Crippen LogP contribution < -0.4 is 4.74 Å². The minimum Gasteiger partial charge on any atom is -0.489 e. The lowest BCUT2D eigenvalue weighted by Gasteiger charge is -2.14. The van der Waals surface area contributed by atoms with Crippen molar-refractivity contribution in [2.45, 2.75) is 18.3 Å². The normalized spacial score (nSPS) is 16.4. The van der Waals surface area contributed by atoms with Gasteiger partial charge < -0.3 is 9.47 Å². The van der Waals surface area contributed by atoms with Crippen LogP contribution >= 0.6 is 24.0 Å². The van der Waals surface area contributed by atoms with Crippen molar-refractivity contribution < 1.29 is 14.3 Å². The number of hydrogen-bond acceptors (Lipinski definition) is 5. The summed E-state index contributed by atoms with van der Waals surface area (Å²) in [6, 6.07) is 22.5. The third-order valence-electron chi connectivity index (χ3n) is 5.14. The Morgan fingerprint density at radius 1 is 1.03 bits per heavy atom. The van der Waals surface area contributed by atoms with E-state index >= 15 is 0 Å². The molecule has 1 amide bonds. The molecule has 1 aliphatic heterocycles. The van der Waals surface area contributed by atoms with Crippen LogP contribution in [0.25, 0.3) is 10.8 Å². The summed E-state index contributed by atoms with van der Waals surface area (Å²) in [6.45, 7) is 1.51. The van der Waals surface area contributed by atoms with Crippen molar-refractivity contribution in [2.75, 3.05) is 20.3 Å². The molecule has 3 aromatic rings. The lowest BCUT2D eigenvalue weighted by Crippen LogP contribution is -2.34. The second-order valence-corrected chi connectivity index (χ2v) is 8.97. The van der Waals surface area contributed by atoms with Crippen LogP contribution in [0.4, 0.5) is 0 Å². The van der Waals surface area contributed by atoms with Gasteiger partial charge in [-0.2, -0.15) is 0 Å². The van der Waals surface area contributed by atoms with Gasteiger partial charge in [-0.3, -0.25) is 9.69 Å². The third kappa shape index (κ3) is 4.67. The number of ether oxygens (including phenoxy) is 2. The number of thioether (sulfide) groups is 1. The van der Waals surface area contributed by atoms with Crippen molar-refractivity contribution in [1.82, 2.24) is 4.90 Å². The van der Waals surface area contributed by atoms with Gasteiger partial charge in [0.2, 0.25) is 5.91 Å². The summed E-state index contributed by atoms with van der Waals surface area (Å²) >= 11 is 6.81. The molecular weight excluding hydrogens is 414 g/mol. The van der Waals surface area contributed by atoms with E-state index < -0.39 is 0 Å². The fraction of sp³-hybridized carbons (Fsp3) is 0.250. The van der Waals surface area contributed by atoms with Gasteiger partial charge in [0.1, 0.15) is 16.7 Å². The van der Waals surface area contributed by atoms with E-state index in [4.69, 9.17) is 21.7 Å². The molecule has 6 heteroatoms. The lowest BCUT2D eigenvalue weighted by atomic mass is 10.1. The van der Waals surface area contributed by atoms with Gasteiger partial charge in [0.25, 0.3) is 0 Å². The molecular formula is C24H23NO3S2. The molecule has 30 heavy (non-hydrogen) atoms. The SMILES string of the molecule is COCCN1C(=O)[C@H](Cc2ccc(OCc3cccc4ccccc34)cc2)SC1=S. The van der Waals surface area contributed by atoms with Crippen LogP contribution in [0.1, 0.15) is 11.1 Å². The van der Waals surface area contributed by atoms with Crippen LogP contribution in [-0.2, 0) is 22.6 Å². The van der Waals surface area contributed by atoms with Gasteiger partial charge in [0, 0.05) is 7.11 Å². The highest BCUT2D eigenvalue weighted by Crippen LogP contribution is 2.30. The van der Waals surface area contributed by atoms with Crippen molar-refractivity contribution in [3.8, 4) is 5.75 Å². The fourth-order valence-electron chi connectivity index (χ4n) is 3.53. The molecule has 1 heterocycles. The van der Waals surface area contributed by atoms with Gasteiger partial charge >= 0.3 is 0 Å². The number of fused-ring (bicyclic) bond motifs is 1. The fourth-order valence-corrected chi connectivity index (χ4v) is 5.11. The summed E-state index contributed by atoms with van der Waals surface area (Å²) in [4.78, 5) is 14.2. The third-order valence-corrected chi connectivity index (χ3v) is 6.73. The molecule has 3 aromatic carbocycles. The van der Waals surface area contributed by atoms with Gasteiger partial charge in [0.15, 0.2) is 0 Å². The Morgan fingerprint density at radius 2 is 1.80 bits per heavy atom. The zero-order valence-corrected chi connectivity index (χ0v) is 18.4. The van der Waals surface area contributed by atoms with Gasteiger partial charge in [0.05, 0.1) is 18.4 Å². The maximum atomic E-state index is 12.6. The average molecular weight is 438 g/mol. The largest absolute Gasteiger partial charge is 0.489 e. The molecule has 0 aliphatic carbocycles. The number of carbonyl (C=O) groups excluding carboxylic acids is 1. The van der Waals surface area contributed by atoms with Gasteiger partial charge in [-0.15, -0.1) is 0 Å². The highest BCUT2D eigenvalue weighted by atomic mass is 32.2. The van der Waals surface area contributed by atoms with E-state index in [1.54, 1.807) is 12.0 Å². The number of methoxy groups -OCH3 is 1. The van der Waals surface area contributed by atoms with Crippen LogP contribution in [0.3, 0.4) is 0 Å². The van der Waals surface area contributed by atoms with Crippen LogP contribution in [-0.4, -0.2) is 40.6 Å². The smallest absolute Gasteiger partial charge is 0.242 e. The highest BCUT2D eigenvalue weighted by Gasteiger charge is 2.36. The maximum absolute atomic E-state index is 12.6. The topological polar surface area (TPSA) is 38.8 Å². The Kier molecular flexibility index (Phi) is 6.67. The number of carbonyl (C=O) groups is 1. The first kappa shape index (κ1) is 20.8. The molecule has 1 atom stereocenters. The van der Waals surface area contributed by atoms with E-state index in [0.29, 0.717) is 30.5 Å². The van der Waals surface area contributed by atoms with E-state index in [-0.39, 0.29) is 11.2 Å². The second kappa shape index (κ2) is 9.60. The highest BCUT2D eigenvalue weighted by molar-refractivity contribution is 8.24. The lowest BCUT2D eigenvalue weighted by molar-refractivity contribution is -0.126. The molecule has 4 rings (SSSR count). The first-order valence-corrected chi connectivity index (χ1v) is 11.1. The molecule has 154 valence electrons. The Morgan fingerprint density at radius 3 is 2.60 bits per heavy atom. The Labute approximate surface area is 186 Å². The monoisotopic (exact) mass is 437 g/mol. The summed E-state index contributed by atoms with van der Waals surface area (Å²) in [5, 5.41) is 2.25. The van der Waals surface area contributed by atoms with Crippen LogP contribution in [0.2, 0.25) is 0 Å². The summed E-state index contributed by atoms with van der Waals surface area (Å²) in [5.41, 5.74) is 2.25. The predicted molar refractivity (Wildman–Crippen MR) is 126 cm³/mol. The average Bonchev–Trinajstić information content (AvgIpc) is 3.04. The standard InChI is InChI=1S/C24H23NO3S2/c1-27-14-13-25-23(26)22(30-24(25)29)15-17-9-11-20(12-10-17)28-16-19-7-4-6-18-5-2-3-8-21(18)19/h2-12,22H,13-16H2,1H3/t22-/m0/s1. The van der Waals surface area contributed by atoms with Crippen molar-refractivity contribution in [2.24, 2.45) is 0 Å². The number of thiocarbonyl (C=S) groups is 1. The summed E-state index contributed by atoms with van der Waals surface area (Å²) in [7, 11) is 1.62. The van der Waals surface area contributed by atoms with E-state index in [2.05, 4.69) is 30.3 Å². The van der Waals surface area contributed by atoms with Crippen LogP contribution in [0, 0.1) is 0 Å². The van der Waals surface area contributed by atoms with Gasteiger partial charge in [-0.25, -0.2) is 0 Å². The molecule has 0 bridgehead atoms. The van der Waals surface area contributed by atoms with Crippen LogP contribution in [0.5, 0.6) is 5.75 Å². The number of rotatable bonds is 8. The molecule has 0 N–H and O–H groups in total. The van der Waals surface area contributed by atoms with E-state index in [0.717, 1.165) is 16.9 Å². The Hall–Kier alpha value is -2.41. The zero-order valence-electron chi connectivity index (χ0n) is 16.7. The molecule has 4 nitrogen and oxygen atoms in total. The van der Waals surface area contributed by atoms with Crippen molar-refractivity contribution in [3.05, 3.63) is 77.9 Å². The minimum atomic E-state index is -0.170. The van der Waals surface area contributed by atoms with E-state index in [1.165, 1.54) is 22.5 Å². The number of nitrogens with zero attached hydrogens (tertiary/aromatic N) is 1. The van der Waals surface area contributed by atoms with Crippen molar-refractivity contribution in [3.63, 3.8) is 0 Å². The quantitative estimate of drug-likeness (QED) is 0.472. The minimum absolute atomic E-state index is 0.0679. The second-order valence-electron chi connectivity index (χ2n) is 7.13. The first-order valence-electron chi connectivity index (χ1n) is 9.85. The van der Waals surface area contributed by atoms with E-state index in [9.17, 15) is 4.79 Å². The molecule has 0 unspecified atom stereocenters. The molecule has 1 fully saturated rings. The zero-order chi connectivity index (χ0) is 20.9. The van der Waals surface area contributed by atoms with Crippen molar-refractivity contribution in [1.29, 1.82) is 0 Å². The Balaban J connectivity index is 1.36. The van der Waals surface area contributed by atoms with Gasteiger partial charge in [-0.05, 0) is 40.5 Å². The molecule has 0 radical (unpaired) electrons. The van der Waals surface area contributed by atoms with Crippen LogP contribution in [0.15, 0.2) is 66.7 Å². The first-order chi connectivity index (χ1) is 14.7. The summed E-state index contributed by atoms with van der Waals surface area (Å²) < 4.78 is 11.7. The predicted octanol–water partition coefficient (Wildman–Crippen LogP) is 4.84. The van der Waals surface area contributed by atoms with E-state index in [1.807, 2.05) is 36.4 Å². The maximum Gasteiger partial charge on any atom is 0.242 e. The van der Waals surface area contributed by atoms with Crippen molar-refractivity contribution >= 4 is 45.0 Å². The molecule has 0 saturated carbocycles. The molecule has 0 aromatic heterocycles. The molecule has 1 saturated heterocycles. The summed E-state index contributed by atoms with van der Waals surface area (Å²) in [5.74, 6) is 0.882. The summed E-state index contributed by atoms with van der Waals surface area (Å²) in [6.07, 6.45) is 0.650. The number of benzene rings is 3. The molecule has 0 spiro atoms. The molecule has 1 aliphatic rings. The van der Waals surface area contributed by atoms with Gasteiger partial charge in [-0.1, -0.05) is 78.6 Å². The Bertz CT molecular complexity index is 1050.